The predicted octanol–water partition coefficient (Wildman–Crippen LogP) is 3.99. The fourth-order valence-electron chi connectivity index (χ4n) is 3.16. The van der Waals surface area contributed by atoms with Crippen LogP contribution in [0.25, 0.3) is 0 Å². The summed E-state index contributed by atoms with van der Waals surface area (Å²) in [6.07, 6.45) is 7.02. The predicted molar refractivity (Wildman–Crippen MR) is 81.5 cm³/mol. The molecule has 106 valence electrons. The van der Waals surface area contributed by atoms with E-state index >= 15 is 0 Å². The lowest BCUT2D eigenvalue weighted by atomic mass is 9.75. The Labute approximate surface area is 117 Å². The van der Waals surface area contributed by atoms with Crippen molar-refractivity contribution in [1.82, 2.24) is 0 Å². The second-order valence-corrected chi connectivity index (χ2v) is 6.63. The lowest BCUT2D eigenvalue weighted by Gasteiger charge is -2.36. The number of hydrogen-bond donors (Lipinski definition) is 2. The van der Waals surface area contributed by atoms with Gasteiger partial charge < -0.3 is 10.4 Å². The molecule has 2 rings (SSSR count). The monoisotopic (exact) mass is 261 g/mol. The molecule has 0 heterocycles. The molecule has 0 amide bonds. The summed E-state index contributed by atoms with van der Waals surface area (Å²) in [7, 11) is 0. The zero-order chi connectivity index (χ0) is 13.7. The SMILES string of the molecule is CC1(C)CCCC(Nc2cccc(CCCO)c2)C1. The maximum Gasteiger partial charge on any atom is 0.0434 e. The molecule has 0 radical (unpaired) electrons. The lowest BCUT2D eigenvalue weighted by Crippen LogP contribution is -2.31. The van der Waals surface area contributed by atoms with Gasteiger partial charge in [-0.2, -0.15) is 0 Å². The maximum atomic E-state index is 8.90. The Morgan fingerprint density at radius 1 is 1.37 bits per heavy atom. The Bertz CT molecular complexity index is 400. The lowest BCUT2D eigenvalue weighted by molar-refractivity contribution is 0.229. The van der Waals surface area contributed by atoms with Gasteiger partial charge in [-0.1, -0.05) is 32.4 Å². The molecule has 0 spiro atoms. The largest absolute Gasteiger partial charge is 0.396 e. The van der Waals surface area contributed by atoms with Gasteiger partial charge in [0.05, 0.1) is 0 Å². The number of nitrogens with one attached hydrogen (secondary N) is 1. The van der Waals surface area contributed by atoms with Crippen LogP contribution in [0.3, 0.4) is 0 Å². The topological polar surface area (TPSA) is 32.3 Å². The fourth-order valence-corrected chi connectivity index (χ4v) is 3.16. The molecule has 2 nitrogen and oxygen atoms in total. The molecular formula is C17H27NO. The van der Waals surface area contributed by atoms with Crippen molar-refractivity contribution in [2.45, 2.75) is 58.4 Å². The number of aliphatic hydroxyl groups is 1. The molecule has 0 aromatic heterocycles. The Balaban J connectivity index is 1.94. The zero-order valence-electron chi connectivity index (χ0n) is 12.3. The quantitative estimate of drug-likeness (QED) is 0.840. The molecule has 1 unspecified atom stereocenters. The van der Waals surface area contributed by atoms with Gasteiger partial charge in [0.15, 0.2) is 0 Å². The molecule has 19 heavy (non-hydrogen) atoms. The van der Waals surface area contributed by atoms with Crippen LogP contribution in [0.4, 0.5) is 5.69 Å². The zero-order valence-corrected chi connectivity index (χ0v) is 12.3. The highest BCUT2D eigenvalue weighted by Gasteiger charge is 2.27. The highest BCUT2D eigenvalue weighted by molar-refractivity contribution is 5.46. The van der Waals surface area contributed by atoms with Crippen molar-refractivity contribution in [3.63, 3.8) is 0 Å². The van der Waals surface area contributed by atoms with Gasteiger partial charge in [-0.3, -0.25) is 0 Å². The van der Waals surface area contributed by atoms with E-state index in [1.807, 2.05) is 0 Å². The molecule has 1 aromatic carbocycles. The fraction of sp³-hybridized carbons (Fsp3) is 0.647. The van der Waals surface area contributed by atoms with Crippen LogP contribution >= 0.6 is 0 Å². The summed E-state index contributed by atoms with van der Waals surface area (Å²) in [4.78, 5) is 0. The summed E-state index contributed by atoms with van der Waals surface area (Å²) in [6, 6.07) is 9.26. The molecular weight excluding hydrogens is 234 g/mol. The summed E-state index contributed by atoms with van der Waals surface area (Å²) in [5, 5.41) is 12.6. The normalized spacial score (nSPS) is 22.2. The Morgan fingerprint density at radius 3 is 2.95 bits per heavy atom. The van der Waals surface area contributed by atoms with Crippen LogP contribution in [0.1, 0.15) is 51.5 Å². The van der Waals surface area contributed by atoms with E-state index in [0.717, 1.165) is 12.8 Å². The third kappa shape index (κ3) is 4.54. The van der Waals surface area contributed by atoms with E-state index < -0.39 is 0 Å². The Kier molecular flexibility index (Phi) is 4.87. The third-order valence-electron chi connectivity index (χ3n) is 4.13. The van der Waals surface area contributed by atoms with Crippen molar-refractivity contribution in [3.8, 4) is 0 Å². The highest BCUT2D eigenvalue weighted by atomic mass is 16.2. The Hall–Kier alpha value is -1.02. The van der Waals surface area contributed by atoms with E-state index in [4.69, 9.17) is 5.11 Å². The van der Waals surface area contributed by atoms with Crippen molar-refractivity contribution in [3.05, 3.63) is 29.8 Å². The van der Waals surface area contributed by atoms with E-state index in [-0.39, 0.29) is 6.61 Å². The minimum Gasteiger partial charge on any atom is -0.396 e. The van der Waals surface area contributed by atoms with Crippen molar-refractivity contribution in [1.29, 1.82) is 0 Å². The van der Waals surface area contributed by atoms with Crippen LogP contribution < -0.4 is 5.32 Å². The second kappa shape index (κ2) is 6.42. The molecule has 1 fully saturated rings. The smallest absolute Gasteiger partial charge is 0.0434 e. The van der Waals surface area contributed by atoms with Gasteiger partial charge in [0, 0.05) is 18.3 Å². The van der Waals surface area contributed by atoms with E-state index in [1.165, 1.54) is 36.9 Å². The second-order valence-electron chi connectivity index (χ2n) is 6.63. The first-order valence-electron chi connectivity index (χ1n) is 7.55. The van der Waals surface area contributed by atoms with Gasteiger partial charge in [0.25, 0.3) is 0 Å². The number of rotatable bonds is 5. The van der Waals surface area contributed by atoms with E-state index in [0.29, 0.717) is 11.5 Å². The van der Waals surface area contributed by atoms with Crippen LogP contribution in [-0.4, -0.2) is 17.8 Å². The first-order valence-corrected chi connectivity index (χ1v) is 7.55. The van der Waals surface area contributed by atoms with Gasteiger partial charge in [-0.25, -0.2) is 0 Å². The molecule has 1 aliphatic carbocycles. The molecule has 0 aliphatic heterocycles. The molecule has 2 N–H and O–H groups in total. The number of aryl methyl sites for hydroxylation is 1. The van der Waals surface area contributed by atoms with Gasteiger partial charge in [0.1, 0.15) is 0 Å². The number of aliphatic hydroxyl groups excluding tert-OH is 1. The molecule has 1 aliphatic rings. The standard InChI is InChI=1S/C17H27NO/c1-17(2)10-4-9-16(13-17)18-15-8-3-6-14(12-15)7-5-11-19/h3,6,8,12,16,18-19H,4-5,7,9-11,13H2,1-2H3. The van der Waals surface area contributed by atoms with E-state index in [2.05, 4.69) is 43.4 Å². The molecule has 2 heteroatoms. The molecule has 0 saturated heterocycles. The third-order valence-corrected chi connectivity index (χ3v) is 4.13. The van der Waals surface area contributed by atoms with Crippen LogP contribution in [0.15, 0.2) is 24.3 Å². The average molecular weight is 261 g/mol. The molecule has 1 atom stereocenters. The summed E-state index contributed by atoms with van der Waals surface area (Å²) in [5.41, 5.74) is 3.02. The number of anilines is 1. The summed E-state index contributed by atoms with van der Waals surface area (Å²) in [5.74, 6) is 0. The maximum absolute atomic E-state index is 8.90. The van der Waals surface area contributed by atoms with E-state index in [1.54, 1.807) is 0 Å². The average Bonchev–Trinajstić information content (AvgIpc) is 2.35. The van der Waals surface area contributed by atoms with Crippen LogP contribution in [0.2, 0.25) is 0 Å². The molecule has 1 aromatic rings. The van der Waals surface area contributed by atoms with Crippen molar-refractivity contribution in [2.75, 3.05) is 11.9 Å². The summed E-state index contributed by atoms with van der Waals surface area (Å²) >= 11 is 0. The van der Waals surface area contributed by atoms with Crippen LogP contribution in [0.5, 0.6) is 0 Å². The first kappa shape index (κ1) is 14.4. The van der Waals surface area contributed by atoms with Crippen LogP contribution in [0, 0.1) is 5.41 Å². The van der Waals surface area contributed by atoms with Crippen molar-refractivity contribution in [2.24, 2.45) is 5.41 Å². The van der Waals surface area contributed by atoms with Gasteiger partial charge >= 0.3 is 0 Å². The molecule has 1 saturated carbocycles. The number of benzene rings is 1. The summed E-state index contributed by atoms with van der Waals surface area (Å²) < 4.78 is 0. The van der Waals surface area contributed by atoms with Crippen molar-refractivity contribution < 1.29 is 5.11 Å². The van der Waals surface area contributed by atoms with Crippen molar-refractivity contribution >= 4 is 5.69 Å². The highest BCUT2D eigenvalue weighted by Crippen LogP contribution is 2.36. The Morgan fingerprint density at radius 2 is 2.21 bits per heavy atom. The number of hydrogen-bond acceptors (Lipinski definition) is 2. The van der Waals surface area contributed by atoms with Crippen LogP contribution in [-0.2, 0) is 6.42 Å². The minimum absolute atomic E-state index is 0.272. The van der Waals surface area contributed by atoms with Gasteiger partial charge in [-0.15, -0.1) is 0 Å². The van der Waals surface area contributed by atoms with E-state index in [9.17, 15) is 0 Å². The van der Waals surface area contributed by atoms with Gasteiger partial charge in [0.2, 0.25) is 0 Å². The van der Waals surface area contributed by atoms with Gasteiger partial charge in [-0.05, 0) is 55.2 Å². The summed E-state index contributed by atoms with van der Waals surface area (Å²) in [6.45, 7) is 5.02. The molecule has 0 bridgehead atoms. The first-order chi connectivity index (χ1) is 9.09. The minimum atomic E-state index is 0.272.